The van der Waals surface area contributed by atoms with Gasteiger partial charge in [-0.15, -0.1) is 0 Å². The van der Waals surface area contributed by atoms with Crippen LogP contribution in [0.5, 0.6) is 11.5 Å². The lowest BCUT2D eigenvalue weighted by Crippen LogP contribution is -2.39. The second kappa shape index (κ2) is 7.95. The van der Waals surface area contributed by atoms with Crippen LogP contribution >= 0.6 is 0 Å². The maximum absolute atomic E-state index is 11.7. The number of amides is 2. The smallest absolute Gasteiger partial charge is 0.334 e. The molecule has 0 aliphatic heterocycles. The summed E-state index contributed by atoms with van der Waals surface area (Å²) >= 11 is 0. The van der Waals surface area contributed by atoms with E-state index >= 15 is 0 Å². The number of benzene rings is 1. The van der Waals surface area contributed by atoms with E-state index in [2.05, 4.69) is 10.6 Å². The van der Waals surface area contributed by atoms with Gasteiger partial charge >= 0.3 is 12.0 Å². The highest BCUT2D eigenvalue weighted by molar-refractivity contribution is 5.90. The van der Waals surface area contributed by atoms with E-state index in [-0.39, 0.29) is 6.54 Å². The van der Waals surface area contributed by atoms with E-state index in [0.717, 1.165) is 0 Å². The molecule has 0 aromatic heterocycles. The first-order chi connectivity index (χ1) is 10.0. The Labute approximate surface area is 122 Å². The van der Waals surface area contributed by atoms with Crippen LogP contribution in [0.1, 0.15) is 0 Å². The molecule has 1 atom stereocenters. The van der Waals surface area contributed by atoms with Gasteiger partial charge in [-0.1, -0.05) is 0 Å². The van der Waals surface area contributed by atoms with Crippen molar-refractivity contribution in [1.29, 1.82) is 0 Å². The summed E-state index contributed by atoms with van der Waals surface area (Å²) in [5.41, 5.74) is 0.481. The van der Waals surface area contributed by atoms with Crippen molar-refractivity contribution in [3.05, 3.63) is 18.2 Å². The van der Waals surface area contributed by atoms with E-state index in [4.69, 9.17) is 19.3 Å². The quantitative estimate of drug-likeness (QED) is 0.691. The molecule has 0 radical (unpaired) electrons. The fourth-order valence-electron chi connectivity index (χ4n) is 1.55. The minimum Gasteiger partial charge on any atom is -0.493 e. The third kappa shape index (κ3) is 4.84. The van der Waals surface area contributed by atoms with Gasteiger partial charge in [0.15, 0.2) is 17.6 Å². The van der Waals surface area contributed by atoms with Crippen molar-refractivity contribution in [1.82, 2.24) is 5.32 Å². The van der Waals surface area contributed by atoms with E-state index < -0.39 is 18.1 Å². The molecule has 0 spiro atoms. The number of rotatable bonds is 7. The summed E-state index contributed by atoms with van der Waals surface area (Å²) in [6, 6.07) is 4.31. The maximum Gasteiger partial charge on any atom is 0.334 e. The van der Waals surface area contributed by atoms with Crippen LogP contribution in [0.2, 0.25) is 0 Å². The number of anilines is 1. The van der Waals surface area contributed by atoms with Crippen LogP contribution < -0.4 is 20.1 Å². The Bertz CT molecular complexity index is 505. The van der Waals surface area contributed by atoms with Gasteiger partial charge in [0.2, 0.25) is 0 Å². The summed E-state index contributed by atoms with van der Waals surface area (Å²) in [7, 11) is 4.25. The van der Waals surface area contributed by atoms with Crippen molar-refractivity contribution < 1.29 is 28.9 Å². The normalized spacial score (nSPS) is 11.4. The van der Waals surface area contributed by atoms with Crippen molar-refractivity contribution in [2.45, 2.75) is 6.10 Å². The first-order valence-electron chi connectivity index (χ1n) is 6.04. The third-order valence-electron chi connectivity index (χ3n) is 2.65. The molecule has 0 bridgehead atoms. The monoisotopic (exact) mass is 298 g/mol. The molecule has 2 amide bonds. The molecule has 0 heterocycles. The summed E-state index contributed by atoms with van der Waals surface area (Å²) in [4.78, 5) is 22.4. The molecule has 0 aliphatic rings. The molecule has 1 aromatic rings. The molecule has 21 heavy (non-hydrogen) atoms. The zero-order valence-electron chi connectivity index (χ0n) is 12.0. The molecule has 8 nitrogen and oxygen atoms in total. The predicted octanol–water partition coefficient (Wildman–Crippen LogP) is 0.925. The van der Waals surface area contributed by atoms with E-state index in [0.29, 0.717) is 17.2 Å². The number of hydrogen-bond donors (Lipinski definition) is 3. The zero-order chi connectivity index (χ0) is 15.8. The van der Waals surface area contributed by atoms with Gasteiger partial charge in [-0.25, -0.2) is 9.59 Å². The second-order valence-corrected chi connectivity index (χ2v) is 3.97. The van der Waals surface area contributed by atoms with Gasteiger partial charge in [-0.05, 0) is 12.1 Å². The topological polar surface area (TPSA) is 106 Å². The van der Waals surface area contributed by atoms with Gasteiger partial charge < -0.3 is 30.0 Å². The highest BCUT2D eigenvalue weighted by Crippen LogP contribution is 2.29. The molecule has 116 valence electrons. The van der Waals surface area contributed by atoms with Crippen molar-refractivity contribution >= 4 is 17.7 Å². The summed E-state index contributed by atoms with van der Waals surface area (Å²) < 4.78 is 14.9. The third-order valence-corrected chi connectivity index (χ3v) is 2.65. The summed E-state index contributed by atoms with van der Waals surface area (Å²) in [6.45, 7) is -0.148. The van der Waals surface area contributed by atoms with Crippen molar-refractivity contribution in [3.8, 4) is 11.5 Å². The van der Waals surface area contributed by atoms with E-state index in [1.165, 1.54) is 21.3 Å². The van der Waals surface area contributed by atoms with Crippen LogP contribution in [0.15, 0.2) is 18.2 Å². The Morgan fingerprint density at radius 2 is 1.86 bits per heavy atom. The lowest BCUT2D eigenvalue weighted by molar-refractivity contribution is -0.147. The number of carboxylic acids is 1. The molecule has 1 aromatic carbocycles. The lowest BCUT2D eigenvalue weighted by Gasteiger charge is -2.13. The summed E-state index contributed by atoms with van der Waals surface area (Å²) in [5, 5.41) is 13.7. The minimum atomic E-state index is -1.15. The summed E-state index contributed by atoms with van der Waals surface area (Å²) in [6.07, 6.45) is -1.10. The Morgan fingerprint density at radius 3 is 2.38 bits per heavy atom. The van der Waals surface area contributed by atoms with Crippen LogP contribution in [0.3, 0.4) is 0 Å². The lowest BCUT2D eigenvalue weighted by atomic mass is 10.3. The van der Waals surface area contributed by atoms with E-state index in [9.17, 15) is 9.59 Å². The number of carbonyl (C=O) groups excluding carboxylic acids is 1. The standard InChI is InChI=1S/C13H18N2O6/c1-19-9-5-4-8(6-10(9)20-2)15-13(18)14-7-11(21-3)12(16)17/h4-6,11H,7H2,1-3H3,(H,16,17)(H2,14,15,18). The molecule has 0 saturated heterocycles. The number of carbonyl (C=O) groups is 2. The number of aliphatic carboxylic acids is 1. The van der Waals surface area contributed by atoms with Crippen molar-refractivity contribution in [2.75, 3.05) is 33.2 Å². The van der Waals surface area contributed by atoms with Gasteiger partial charge in [0.25, 0.3) is 0 Å². The first kappa shape index (κ1) is 16.6. The largest absolute Gasteiger partial charge is 0.493 e. The average molecular weight is 298 g/mol. The Morgan fingerprint density at radius 1 is 1.19 bits per heavy atom. The minimum absolute atomic E-state index is 0.148. The Hall–Kier alpha value is -2.48. The van der Waals surface area contributed by atoms with Crippen LogP contribution in [0.4, 0.5) is 10.5 Å². The SMILES string of the molecule is COc1ccc(NC(=O)NCC(OC)C(=O)O)cc1OC. The van der Waals surface area contributed by atoms with E-state index in [1.54, 1.807) is 18.2 Å². The molecule has 0 aliphatic carbocycles. The fourth-order valence-corrected chi connectivity index (χ4v) is 1.55. The van der Waals surface area contributed by atoms with Gasteiger partial charge in [0, 0.05) is 18.9 Å². The van der Waals surface area contributed by atoms with Crippen LogP contribution in [-0.4, -0.2) is 51.1 Å². The van der Waals surface area contributed by atoms with Crippen molar-refractivity contribution in [3.63, 3.8) is 0 Å². The Balaban J connectivity index is 2.60. The van der Waals surface area contributed by atoms with Gasteiger partial charge in [-0.3, -0.25) is 0 Å². The highest BCUT2D eigenvalue weighted by Gasteiger charge is 2.17. The molecule has 1 rings (SSSR count). The maximum atomic E-state index is 11.7. The molecular weight excluding hydrogens is 280 g/mol. The highest BCUT2D eigenvalue weighted by atomic mass is 16.5. The molecule has 0 fully saturated rings. The number of urea groups is 1. The molecule has 1 unspecified atom stereocenters. The predicted molar refractivity (Wildman–Crippen MR) is 75.0 cm³/mol. The van der Waals surface area contributed by atoms with Gasteiger partial charge in [0.1, 0.15) is 0 Å². The number of ether oxygens (including phenoxy) is 3. The van der Waals surface area contributed by atoms with Gasteiger partial charge in [-0.2, -0.15) is 0 Å². The molecule has 0 saturated carbocycles. The summed E-state index contributed by atoms with van der Waals surface area (Å²) in [5.74, 6) is -0.145. The molecule has 8 heteroatoms. The first-order valence-corrected chi connectivity index (χ1v) is 6.04. The number of methoxy groups -OCH3 is 3. The number of nitrogens with one attached hydrogen (secondary N) is 2. The second-order valence-electron chi connectivity index (χ2n) is 3.97. The Kier molecular flexibility index (Phi) is 6.28. The van der Waals surface area contributed by atoms with Crippen molar-refractivity contribution in [2.24, 2.45) is 0 Å². The average Bonchev–Trinajstić information content (AvgIpc) is 2.47. The van der Waals surface area contributed by atoms with Crippen LogP contribution in [0, 0.1) is 0 Å². The zero-order valence-corrected chi connectivity index (χ0v) is 12.0. The van der Waals surface area contributed by atoms with Crippen LogP contribution in [-0.2, 0) is 9.53 Å². The van der Waals surface area contributed by atoms with Crippen LogP contribution in [0.25, 0.3) is 0 Å². The fraction of sp³-hybridized carbons (Fsp3) is 0.385. The molecule has 3 N–H and O–H groups in total. The van der Waals surface area contributed by atoms with E-state index in [1.807, 2.05) is 0 Å². The molecular formula is C13H18N2O6. The van der Waals surface area contributed by atoms with Gasteiger partial charge in [0.05, 0.1) is 20.8 Å². The number of carboxylic acid groups (broad SMARTS) is 1. The number of hydrogen-bond acceptors (Lipinski definition) is 5.